The number of benzene rings is 1. The van der Waals surface area contributed by atoms with Gasteiger partial charge in [-0.15, -0.1) is 6.58 Å². The van der Waals surface area contributed by atoms with Crippen LogP contribution >= 0.6 is 0 Å². The normalized spacial score (nSPS) is 20.2. The fourth-order valence-corrected chi connectivity index (χ4v) is 4.70. The van der Waals surface area contributed by atoms with E-state index in [1.54, 1.807) is 13.0 Å². The van der Waals surface area contributed by atoms with Gasteiger partial charge in [-0.1, -0.05) is 42.8 Å². The van der Waals surface area contributed by atoms with Crippen LogP contribution in [-0.4, -0.2) is 18.4 Å². The lowest BCUT2D eigenvalue weighted by Gasteiger charge is -2.46. The zero-order valence-corrected chi connectivity index (χ0v) is 17.0. The molecule has 1 aromatic rings. The largest absolute Gasteiger partial charge is 0.466 e. The average Bonchev–Trinajstić information content (AvgIpc) is 2.74. The molecule has 1 aliphatic rings. The van der Waals surface area contributed by atoms with E-state index >= 15 is 0 Å². The van der Waals surface area contributed by atoms with Gasteiger partial charge in [0, 0.05) is 24.2 Å². The van der Waals surface area contributed by atoms with Crippen LogP contribution in [0.25, 0.3) is 0 Å². The molecule has 5 heteroatoms. The highest BCUT2D eigenvalue weighted by atomic mass is 16.5. The number of carbonyl (C=O) groups is 2. The molecule has 2 rings (SSSR count). The van der Waals surface area contributed by atoms with Gasteiger partial charge < -0.3 is 4.74 Å². The molecular formula is C24H28N2O3. The zero-order chi connectivity index (χ0) is 21.3. The molecule has 0 saturated heterocycles. The first kappa shape index (κ1) is 22.4. The number of allylic oxidation sites excluding steroid dienone is 1. The number of hydrogen-bond donors (Lipinski definition) is 0. The van der Waals surface area contributed by atoms with Gasteiger partial charge >= 0.3 is 5.97 Å². The van der Waals surface area contributed by atoms with Gasteiger partial charge in [0.25, 0.3) is 0 Å². The molecule has 0 spiro atoms. The number of carbonyl (C=O) groups excluding carboxylic acids is 2. The molecule has 1 fully saturated rings. The van der Waals surface area contributed by atoms with E-state index in [-0.39, 0.29) is 37.6 Å². The third-order valence-corrected chi connectivity index (χ3v) is 5.96. The first-order chi connectivity index (χ1) is 14.0. The number of ketones is 1. The molecule has 5 nitrogen and oxygen atoms in total. The molecule has 0 unspecified atom stereocenters. The summed E-state index contributed by atoms with van der Waals surface area (Å²) in [6, 6.07) is 13.7. The number of hydrogen-bond acceptors (Lipinski definition) is 5. The van der Waals surface area contributed by atoms with Crippen LogP contribution in [0, 0.1) is 33.5 Å². The van der Waals surface area contributed by atoms with Crippen LogP contribution in [-0.2, 0) is 14.3 Å². The van der Waals surface area contributed by atoms with Crippen LogP contribution < -0.4 is 0 Å². The summed E-state index contributed by atoms with van der Waals surface area (Å²) in [6.07, 6.45) is 4.62. The molecule has 0 N–H and O–H groups in total. The molecule has 0 aliphatic heterocycles. The van der Waals surface area contributed by atoms with Crippen LogP contribution in [0.2, 0.25) is 0 Å². The lowest BCUT2D eigenvalue weighted by molar-refractivity contribution is -0.145. The number of ether oxygens (including phenoxy) is 1. The number of rotatable bonds is 9. The summed E-state index contributed by atoms with van der Waals surface area (Å²) < 4.78 is 5.09. The minimum absolute atomic E-state index is 0.0286. The molecule has 0 aromatic heterocycles. The summed E-state index contributed by atoms with van der Waals surface area (Å²) in [4.78, 5) is 25.5. The zero-order valence-electron chi connectivity index (χ0n) is 17.0. The highest BCUT2D eigenvalue weighted by Gasteiger charge is 2.56. The van der Waals surface area contributed by atoms with Crippen LogP contribution in [0.15, 0.2) is 43.0 Å². The van der Waals surface area contributed by atoms with Crippen molar-refractivity contribution in [1.82, 2.24) is 0 Å². The van der Waals surface area contributed by atoms with Crippen molar-refractivity contribution in [3.63, 3.8) is 0 Å². The number of Topliss-reactive ketones (excluding diaryl/α,β-unsaturated/α-hetero) is 1. The molecule has 29 heavy (non-hydrogen) atoms. The van der Waals surface area contributed by atoms with Crippen LogP contribution in [0.5, 0.6) is 0 Å². The molecule has 2 atom stereocenters. The lowest BCUT2D eigenvalue weighted by atomic mass is 9.52. The van der Waals surface area contributed by atoms with E-state index in [2.05, 4.69) is 18.7 Å². The third kappa shape index (κ3) is 4.57. The van der Waals surface area contributed by atoms with E-state index in [9.17, 15) is 20.1 Å². The first-order valence-electron chi connectivity index (χ1n) is 10.2. The predicted molar refractivity (Wildman–Crippen MR) is 109 cm³/mol. The Labute approximate surface area is 173 Å². The molecule has 0 heterocycles. The Morgan fingerprint density at radius 2 is 2.00 bits per heavy atom. The van der Waals surface area contributed by atoms with E-state index < -0.39 is 16.7 Å². The molecule has 1 aromatic carbocycles. The van der Waals surface area contributed by atoms with E-state index in [0.717, 1.165) is 18.4 Å². The Kier molecular flexibility index (Phi) is 7.74. The SMILES string of the molecule is C=CCC(C#N)(C#N)[C@@H](c1ccccc1)[C@@]1(CCC(=O)OCC)CCCCC1=O. The predicted octanol–water partition coefficient (Wildman–Crippen LogP) is 4.85. The number of nitrogens with zero attached hydrogens (tertiary/aromatic N) is 2. The van der Waals surface area contributed by atoms with Crippen molar-refractivity contribution in [2.45, 2.75) is 57.8 Å². The van der Waals surface area contributed by atoms with Gasteiger partial charge in [0.15, 0.2) is 5.41 Å². The number of nitriles is 2. The van der Waals surface area contributed by atoms with Gasteiger partial charge in [-0.2, -0.15) is 10.5 Å². The van der Waals surface area contributed by atoms with E-state index in [4.69, 9.17) is 4.74 Å². The van der Waals surface area contributed by atoms with Gasteiger partial charge in [0.05, 0.1) is 18.7 Å². The summed E-state index contributed by atoms with van der Waals surface area (Å²) in [5, 5.41) is 20.2. The van der Waals surface area contributed by atoms with E-state index in [1.165, 1.54) is 0 Å². The van der Waals surface area contributed by atoms with E-state index in [0.29, 0.717) is 12.8 Å². The van der Waals surface area contributed by atoms with Crippen molar-refractivity contribution < 1.29 is 14.3 Å². The van der Waals surface area contributed by atoms with Crippen molar-refractivity contribution in [1.29, 1.82) is 10.5 Å². The molecule has 0 bridgehead atoms. The highest BCUT2D eigenvalue weighted by Crippen LogP contribution is 2.56. The summed E-state index contributed by atoms with van der Waals surface area (Å²) in [6.45, 7) is 5.76. The minimum atomic E-state index is -1.44. The van der Waals surface area contributed by atoms with Gasteiger partial charge in [0.2, 0.25) is 0 Å². The lowest BCUT2D eigenvalue weighted by Crippen LogP contribution is -2.47. The number of esters is 1. The van der Waals surface area contributed by atoms with Gasteiger partial charge in [-0.3, -0.25) is 9.59 Å². The fraction of sp³-hybridized carbons (Fsp3) is 0.500. The third-order valence-electron chi connectivity index (χ3n) is 5.96. The fourth-order valence-electron chi connectivity index (χ4n) is 4.70. The second-order valence-corrected chi connectivity index (χ2v) is 7.62. The molecule has 0 radical (unpaired) electrons. The van der Waals surface area contributed by atoms with Gasteiger partial charge in [-0.25, -0.2) is 0 Å². The first-order valence-corrected chi connectivity index (χ1v) is 10.2. The Morgan fingerprint density at radius 1 is 1.31 bits per heavy atom. The van der Waals surface area contributed by atoms with Crippen molar-refractivity contribution in [2.24, 2.45) is 10.8 Å². The monoisotopic (exact) mass is 392 g/mol. The Morgan fingerprint density at radius 3 is 2.55 bits per heavy atom. The smallest absolute Gasteiger partial charge is 0.305 e. The minimum Gasteiger partial charge on any atom is -0.466 e. The van der Waals surface area contributed by atoms with Crippen molar-refractivity contribution in [3.05, 3.63) is 48.6 Å². The Bertz CT molecular complexity index is 805. The topological polar surface area (TPSA) is 91.0 Å². The van der Waals surface area contributed by atoms with E-state index in [1.807, 2.05) is 30.3 Å². The Hall–Kier alpha value is -2.92. The van der Waals surface area contributed by atoms with Gasteiger partial charge in [0.1, 0.15) is 5.78 Å². The molecule has 152 valence electrons. The maximum absolute atomic E-state index is 13.4. The second kappa shape index (κ2) is 10.0. The maximum Gasteiger partial charge on any atom is 0.305 e. The quantitative estimate of drug-likeness (QED) is 0.442. The highest BCUT2D eigenvalue weighted by molar-refractivity contribution is 5.87. The summed E-state index contributed by atoms with van der Waals surface area (Å²) >= 11 is 0. The van der Waals surface area contributed by atoms with Crippen molar-refractivity contribution in [2.75, 3.05) is 6.61 Å². The van der Waals surface area contributed by atoms with Crippen LogP contribution in [0.3, 0.4) is 0 Å². The molecule has 1 saturated carbocycles. The Balaban J connectivity index is 2.66. The maximum atomic E-state index is 13.4. The second-order valence-electron chi connectivity index (χ2n) is 7.62. The average molecular weight is 392 g/mol. The molecule has 0 amide bonds. The molecule has 1 aliphatic carbocycles. The van der Waals surface area contributed by atoms with Crippen molar-refractivity contribution >= 4 is 11.8 Å². The summed E-state index contributed by atoms with van der Waals surface area (Å²) in [7, 11) is 0. The van der Waals surface area contributed by atoms with Crippen LogP contribution in [0.1, 0.15) is 63.4 Å². The standard InChI is InChI=1S/C24H28N2O3/c1-3-14-23(17-25,18-26)22(19-10-6-5-7-11-19)24(15-9-8-12-20(24)27)16-13-21(28)29-4-2/h3,5-7,10-11,22H,1,4,8-9,12-16H2,2H3/t22-,24-/m1/s1. The summed E-state index contributed by atoms with van der Waals surface area (Å²) in [5.74, 6) is -0.979. The summed E-state index contributed by atoms with van der Waals surface area (Å²) in [5.41, 5.74) is -1.62. The van der Waals surface area contributed by atoms with Crippen LogP contribution in [0.4, 0.5) is 0 Å². The van der Waals surface area contributed by atoms with Crippen molar-refractivity contribution in [3.8, 4) is 12.1 Å². The van der Waals surface area contributed by atoms with Gasteiger partial charge in [-0.05, 0) is 38.2 Å². The molecular weight excluding hydrogens is 364 g/mol.